The number of benzene rings is 3. The Labute approximate surface area is 131 Å². The van der Waals surface area contributed by atoms with Crippen LogP contribution in [0.15, 0.2) is 55.6 Å². The van der Waals surface area contributed by atoms with Gasteiger partial charge in [0.2, 0.25) is 0 Å². The highest BCUT2D eigenvalue weighted by Gasteiger charge is 2.22. The molecule has 0 radical (unpaired) electrons. The quantitative estimate of drug-likeness (QED) is 0.449. The van der Waals surface area contributed by atoms with Crippen LogP contribution in [0.4, 0.5) is 0 Å². The highest BCUT2D eigenvalue weighted by atomic mass is 16.2. The zero-order valence-electron chi connectivity index (χ0n) is 12.1. The number of H-pyrrole nitrogens is 2. The molecule has 2 aromatic heterocycles. The summed E-state index contributed by atoms with van der Waals surface area (Å²) < 4.78 is 0. The van der Waals surface area contributed by atoms with Crippen molar-refractivity contribution in [2.45, 2.75) is 0 Å². The molecule has 2 N–H and O–H groups in total. The number of nitrogens with one attached hydrogen (secondary N) is 2. The van der Waals surface area contributed by atoms with Crippen LogP contribution in [0.2, 0.25) is 0 Å². The maximum absolute atomic E-state index is 12.4. The van der Waals surface area contributed by atoms with E-state index in [4.69, 9.17) is 0 Å². The van der Waals surface area contributed by atoms with Crippen molar-refractivity contribution in [3.8, 4) is 0 Å². The van der Waals surface area contributed by atoms with Gasteiger partial charge in [-0.1, -0.05) is 18.2 Å². The zero-order chi connectivity index (χ0) is 16.6. The molecule has 0 bridgehead atoms. The Bertz CT molecular complexity index is 1530. The number of aromatic amines is 2. The van der Waals surface area contributed by atoms with Crippen molar-refractivity contribution < 1.29 is 0 Å². The first kappa shape index (κ1) is 13.0. The van der Waals surface area contributed by atoms with Gasteiger partial charge in [0.05, 0.1) is 21.7 Å². The standard InChI is InChI=1S/C18H8N2O4/c21-9-5-6-10(22)13-12(9)15-14(17(23)20-18(15)24)11-7-3-1-2-4-8(7)19-16(11)13/h1-6,19H,(H,20,23,24). The molecule has 6 nitrogen and oxygen atoms in total. The average Bonchev–Trinajstić information content (AvgIpc) is 3.08. The van der Waals surface area contributed by atoms with E-state index in [0.717, 1.165) is 17.0 Å². The van der Waals surface area contributed by atoms with Crippen molar-refractivity contribution in [1.82, 2.24) is 9.97 Å². The van der Waals surface area contributed by atoms with Crippen LogP contribution < -0.4 is 22.0 Å². The van der Waals surface area contributed by atoms with Gasteiger partial charge in [0.15, 0.2) is 10.9 Å². The smallest absolute Gasteiger partial charge is 0.259 e. The van der Waals surface area contributed by atoms with Gasteiger partial charge in [-0.25, -0.2) is 0 Å². The number of hydrogen-bond acceptors (Lipinski definition) is 4. The third-order valence-corrected chi connectivity index (χ3v) is 4.52. The Morgan fingerprint density at radius 3 is 1.96 bits per heavy atom. The minimum Gasteiger partial charge on any atom is -0.354 e. The molecule has 5 aromatic rings. The molecule has 6 heteroatoms. The molecule has 24 heavy (non-hydrogen) atoms. The molecule has 0 atom stereocenters. The van der Waals surface area contributed by atoms with Gasteiger partial charge in [-0.05, 0) is 18.2 Å². The van der Waals surface area contributed by atoms with Crippen LogP contribution in [0.1, 0.15) is 0 Å². The van der Waals surface area contributed by atoms with E-state index in [2.05, 4.69) is 9.97 Å². The Morgan fingerprint density at radius 1 is 0.583 bits per heavy atom. The van der Waals surface area contributed by atoms with Gasteiger partial charge in [-0.3, -0.25) is 24.2 Å². The van der Waals surface area contributed by atoms with E-state index in [9.17, 15) is 19.2 Å². The number of fused-ring (bicyclic) bond motifs is 8. The molecule has 0 saturated heterocycles. The molecule has 0 spiro atoms. The van der Waals surface area contributed by atoms with Gasteiger partial charge in [0.1, 0.15) is 0 Å². The lowest BCUT2D eigenvalue weighted by Crippen LogP contribution is -2.12. The second-order valence-corrected chi connectivity index (χ2v) is 5.77. The molecule has 114 valence electrons. The maximum atomic E-state index is 12.4. The summed E-state index contributed by atoms with van der Waals surface area (Å²) in [6.45, 7) is 0. The van der Waals surface area contributed by atoms with E-state index in [1.54, 1.807) is 0 Å². The normalized spacial score (nSPS) is 12.0. The van der Waals surface area contributed by atoms with Crippen molar-refractivity contribution >= 4 is 43.4 Å². The molecular weight excluding hydrogens is 308 g/mol. The van der Waals surface area contributed by atoms with Crippen LogP contribution >= 0.6 is 0 Å². The number of hydrogen-bond donors (Lipinski definition) is 2. The van der Waals surface area contributed by atoms with E-state index >= 15 is 0 Å². The summed E-state index contributed by atoms with van der Waals surface area (Å²) in [7, 11) is 0. The monoisotopic (exact) mass is 316 g/mol. The largest absolute Gasteiger partial charge is 0.354 e. The molecule has 0 aliphatic rings. The summed E-state index contributed by atoms with van der Waals surface area (Å²) in [4.78, 5) is 54.8. The SMILES string of the molecule is O=c1ccc(=O)c2c1c1[nH]c3ccccc3c1c1c(=O)[nH]c(=O)c21. The fraction of sp³-hybridized carbons (Fsp3) is 0. The summed E-state index contributed by atoms with van der Waals surface area (Å²) in [5.41, 5.74) is -0.873. The van der Waals surface area contributed by atoms with Crippen molar-refractivity contribution in [2.24, 2.45) is 0 Å². The average molecular weight is 316 g/mol. The Hall–Kier alpha value is -3.54. The minimum atomic E-state index is -0.644. The molecule has 0 aliphatic heterocycles. The predicted molar refractivity (Wildman–Crippen MR) is 92.6 cm³/mol. The lowest BCUT2D eigenvalue weighted by Gasteiger charge is -2.00. The second kappa shape index (κ2) is 4.05. The van der Waals surface area contributed by atoms with Crippen LogP contribution in [-0.2, 0) is 0 Å². The summed E-state index contributed by atoms with van der Waals surface area (Å²) >= 11 is 0. The van der Waals surface area contributed by atoms with Crippen LogP contribution in [-0.4, -0.2) is 9.97 Å². The van der Waals surface area contributed by atoms with E-state index in [0.29, 0.717) is 10.9 Å². The molecule has 0 fully saturated rings. The Morgan fingerprint density at radius 2 is 1.21 bits per heavy atom. The molecular formula is C18H8N2O4. The van der Waals surface area contributed by atoms with E-state index in [1.165, 1.54) is 6.07 Å². The zero-order valence-corrected chi connectivity index (χ0v) is 12.1. The second-order valence-electron chi connectivity index (χ2n) is 5.77. The number of rotatable bonds is 0. The molecule has 0 unspecified atom stereocenters. The van der Waals surface area contributed by atoms with E-state index in [-0.39, 0.29) is 27.0 Å². The molecule has 0 saturated carbocycles. The Balaban J connectivity index is 2.41. The lowest BCUT2D eigenvalue weighted by atomic mass is 9.99. The molecule has 3 aromatic carbocycles. The van der Waals surface area contributed by atoms with Crippen LogP contribution in [0.25, 0.3) is 43.4 Å². The Kier molecular flexibility index (Phi) is 2.19. The molecule has 0 amide bonds. The number of para-hydroxylation sites is 1. The van der Waals surface area contributed by atoms with Gasteiger partial charge in [-0.15, -0.1) is 0 Å². The van der Waals surface area contributed by atoms with E-state index < -0.39 is 16.5 Å². The van der Waals surface area contributed by atoms with Gasteiger partial charge in [0, 0.05) is 21.7 Å². The highest BCUT2D eigenvalue weighted by Crippen LogP contribution is 2.33. The summed E-state index contributed by atoms with van der Waals surface area (Å²) in [6, 6.07) is 9.58. The first-order chi connectivity index (χ1) is 11.6. The summed E-state index contributed by atoms with van der Waals surface area (Å²) in [6.07, 6.45) is 0. The van der Waals surface area contributed by atoms with Crippen LogP contribution in [0.3, 0.4) is 0 Å². The fourth-order valence-electron chi connectivity index (χ4n) is 3.58. The molecule has 0 aliphatic carbocycles. The topological polar surface area (TPSA) is 99.9 Å². The third kappa shape index (κ3) is 1.35. The van der Waals surface area contributed by atoms with Crippen molar-refractivity contribution in [2.75, 3.05) is 0 Å². The summed E-state index contributed by atoms with van der Waals surface area (Å²) in [5, 5.41) is 1.53. The van der Waals surface area contributed by atoms with Crippen molar-refractivity contribution in [3.05, 3.63) is 77.6 Å². The first-order valence-corrected chi connectivity index (χ1v) is 7.30. The highest BCUT2D eigenvalue weighted by molar-refractivity contribution is 6.30. The molecule has 5 rings (SSSR count). The fourth-order valence-corrected chi connectivity index (χ4v) is 3.58. The predicted octanol–water partition coefficient (Wildman–Crippen LogP) is 1.27. The maximum Gasteiger partial charge on any atom is 0.259 e. The van der Waals surface area contributed by atoms with Crippen molar-refractivity contribution in [1.29, 1.82) is 0 Å². The first-order valence-electron chi connectivity index (χ1n) is 7.30. The van der Waals surface area contributed by atoms with Gasteiger partial charge < -0.3 is 4.98 Å². The van der Waals surface area contributed by atoms with Crippen molar-refractivity contribution in [3.63, 3.8) is 0 Å². The third-order valence-electron chi connectivity index (χ3n) is 4.52. The number of aromatic nitrogens is 2. The van der Waals surface area contributed by atoms with Crippen LogP contribution in [0.5, 0.6) is 0 Å². The minimum absolute atomic E-state index is 0.0000869. The summed E-state index contributed by atoms with van der Waals surface area (Å²) in [5.74, 6) is 0. The van der Waals surface area contributed by atoms with E-state index in [1.807, 2.05) is 24.3 Å². The van der Waals surface area contributed by atoms with Gasteiger partial charge >= 0.3 is 0 Å². The van der Waals surface area contributed by atoms with Gasteiger partial charge in [0.25, 0.3) is 11.1 Å². The molecule has 2 heterocycles. The lowest BCUT2D eigenvalue weighted by molar-refractivity contribution is 1.26. The van der Waals surface area contributed by atoms with Gasteiger partial charge in [-0.2, -0.15) is 0 Å². The van der Waals surface area contributed by atoms with Crippen LogP contribution in [0, 0.1) is 0 Å².